The molecule has 0 aliphatic carbocycles. The Bertz CT molecular complexity index is 1130. The van der Waals surface area contributed by atoms with Crippen molar-refractivity contribution in [2.75, 3.05) is 5.32 Å². The van der Waals surface area contributed by atoms with Gasteiger partial charge in [-0.3, -0.25) is 14.8 Å². The number of amides is 1. The van der Waals surface area contributed by atoms with Gasteiger partial charge in [-0.2, -0.15) is 0 Å². The van der Waals surface area contributed by atoms with Crippen LogP contribution in [0.4, 0.5) is 5.95 Å². The van der Waals surface area contributed by atoms with Crippen molar-refractivity contribution >= 4 is 33.4 Å². The summed E-state index contributed by atoms with van der Waals surface area (Å²) < 4.78 is 0.775. The second-order valence-electron chi connectivity index (χ2n) is 6.62. The van der Waals surface area contributed by atoms with Crippen LogP contribution >= 0.6 is 11.3 Å². The van der Waals surface area contributed by atoms with E-state index in [1.165, 1.54) is 11.3 Å². The summed E-state index contributed by atoms with van der Waals surface area (Å²) in [5.41, 5.74) is 3.82. The predicted molar refractivity (Wildman–Crippen MR) is 114 cm³/mol. The van der Waals surface area contributed by atoms with E-state index >= 15 is 0 Å². The molecule has 8 heteroatoms. The summed E-state index contributed by atoms with van der Waals surface area (Å²) in [7, 11) is 0. The molecule has 0 aliphatic rings. The fourth-order valence-corrected chi connectivity index (χ4v) is 3.88. The van der Waals surface area contributed by atoms with Crippen LogP contribution in [0.15, 0.2) is 54.2 Å². The molecule has 0 unspecified atom stereocenters. The van der Waals surface area contributed by atoms with E-state index < -0.39 is 0 Å². The lowest BCUT2D eigenvalue weighted by atomic mass is 10.2. The zero-order chi connectivity index (χ0) is 20.2. The van der Waals surface area contributed by atoms with Crippen molar-refractivity contribution in [3.05, 3.63) is 76.8 Å². The third kappa shape index (κ3) is 4.22. The zero-order valence-electron chi connectivity index (χ0n) is 16.1. The highest BCUT2D eigenvalue weighted by atomic mass is 32.1. The summed E-state index contributed by atoms with van der Waals surface area (Å²) in [6.45, 7) is 4.30. The molecular formula is C21H20N6OS. The van der Waals surface area contributed by atoms with Crippen molar-refractivity contribution in [3.63, 3.8) is 0 Å². The van der Waals surface area contributed by atoms with Crippen LogP contribution in [-0.4, -0.2) is 25.8 Å². The van der Waals surface area contributed by atoms with E-state index in [1.807, 2.05) is 55.6 Å². The number of thiophene rings is 1. The maximum Gasteiger partial charge on any atom is 0.271 e. The first-order valence-corrected chi connectivity index (χ1v) is 10.1. The highest BCUT2D eigenvalue weighted by Crippen LogP contribution is 2.28. The van der Waals surface area contributed by atoms with Gasteiger partial charge >= 0.3 is 0 Å². The highest BCUT2D eigenvalue weighted by molar-refractivity contribution is 7.17. The van der Waals surface area contributed by atoms with Crippen LogP contribution in [-0.2, 0) is 6.54 Å². The Labute approximate surface area is 172 Å². The molecule has 4 aromatic rings. The van der Waals surface area contributed by atoms with E-state index in [0.717, 1.165) is 27.2 Å². The molecular weight excluding hydrogens is 384 g/mol. The number of nitrogens with zero attached hydrogens (tertiary/aromatic N) is 4. The number of fused-ring (bicyclic) bond motifs is 1. The first kappa shape index (κ1) is 18.9. The van der Waals surface area contributed by atoms with Crippen LogP contribution in [0, 0.1) is 6.92 Å². The number of nitrogens with one attached hydrogen (secondary N) is 2. The average molecular weight is 404 g/mol. The lowest BCUT2D eigenvalue weighted by Gasteiger charge is -2.14. The van der Waals surface area contributed by atoms with Crippen LogP contribution in [0.2, 0.25) is 0 Å². The minimum absolute atomic E-state index is 0.1000. The maximum atomic E-state index is 12.9. The smallest absolute Gasteiger partial charge is 0.271 e. The number of aromatic nitrogens is 4. The van der Waals surface area contributed by atoms with Crippen LogP contribution in [0.1, 0.15) is 40.4 Å². The Hall–Kier alpha value is -3.39. The first-order valence-electron chi connectivity index (χ1n) is 9.23. The van der Waals surface area contributed by atoms with E-state index in [0.29, 0.717) is 18.2 Å². The number of anilines is 1. The molecule has 0 bridgehead atoms. The lowest BCUT2D eigenvalue weighted by Crippen LogP contribution is -2.25. The molecule has 0 aromatic carbocycles. The molecule has 29 heavy (non-hydrogen) atoms. The Morgan fingerprint density at radius 1 is 1.10 bits per heavy atom. The molecule has 2 N–H and O–H groups in total. The molecule has 4 aromatic heterocycles. The van der Waals surface area contributed by atoms with Gasteiger partial charge in [-0.05, 0) is 49.1 Å². The zero-order valence-corrected chi connectivity index (χ0v) is 16.9. The van der Waals surface area contributed by atoms with Crippen molar-refractivity contribution in [2.45, 2.75) is 26.4 Å². The highest BCUT2D eigenvalue weighted by Gasteiger charge is 2.19. The SMILES string of the molecule is Cc1csc2c(C(=O)NCc3ccccn3)nc(N[C@@H](C)c3ccccn3)nc12. The maximum absolute atomic E-state index is 12.9. The van der Waals surface area contributed by atoms with E-state index in [1.54, 1.807) is 12.4 Å². The average Bonchev–Trinajstić information content (AvgIpc) is 3.13. The first-order chi connectivity index (χ1) is 14.1. The van der Waals surface area contributed by atoms with Gasteiger partial charge in [0.1, 0.15) is 0 Å². The van der Waals surface area contributed by atoms with E-state index in [4.69, 9.17) is 0 Å². The summed E-state index contributed by atoms with van der Waals surface area (Å²) in [4.78, 5) is 30.6. The molecule has 0 fully saturated rings. The molecule has 0 saturated carbocycles. The van der Waals surface area contributed by atoms with Crippen LogP contribution in [0.5, 0.6) is 0 Å². The molecule has 0 saturated heterocycles. The molecule has 0 spiro atoms. The minimum Gasteiger partial charge on any atom is -0.346 e. The number of hydrogen-bond donors (Lipinski definition) is 2. The minimum atomic E-state index is -0.251. The topological polar surface area (TPSA) is 92.7 Å². The van der Waals surface area contributed by atoms with Gasteiger partial charge in [0, 0.05) is 12.4 Å². The van der Waals surface area contributed by atoms with Gasteiger partial charge in [-0.1, -0.05) is 12.1 Å². The molecule has 4 rings (SSSR count). The van der Waals surface area contributed by atoms with E-state index in [2.05, 4.69) is 30.6 Å². The molecule has 1 atom stereocenters. The Morgan fingerprint density at radius 3 is 2.62 bits per heavy atom. The number of hydrogen-bond acceptors (Lipinski definition) is 7. The van der Waals surface area contributed by atoms with Crippen molar-refractivity contribution in [3.8, 4) is 0 Å². The fraction of sp³-hybridized carbons (Fsp3) is 0.190. The second-order valence-corrected chi connectivity index (χ2v) is 7.50. The molecule has 4 heterocycles. The summed E-state index contributed by atoms with van der Waals surface area (Å²) in [6, 6.07) is 11.2. The molecule has 0 aliphatic heterocycles. The summed E-state index contributed by atoms with van der Waals surface area (Å²) in [5, 5.41) is 8.15. The van der Waals surface area contributed by atoms with Crippen molar-refractivity contribution < 1.29 is 4.79 Å². The lowest BCUT2D eigenvalue weighted by molar-refractivity contribution is 0.0947. The number of carbonyl (C=O) groups excluding carboxylic acids is 1. The summed E-state index contributed by atoms with van der Waals surface area (Å²) in [5.74, 6) is 0.151. The van der Waals surface area contributed by atoms with Crippen LogP contribution in [0.3, 0.4) is 0 Å². The number of rotatable bonds is 6. The van der Waals surface area contributed by atoms with Gasteiger partial charge in [0.15, 0.2) is 5.69 Å². The molecule has 0 radical (unpaired) electrons. The van der Waals surface area contributed by atoms with Crippen LogP contribution in [0.25, 0.3) is 10.2 Å². The number of aryl methyl sites for hydroxylation is 1. The summed E-state index contributed by atoms with van der Waals surface area (Å²) >= 11 is 1.47. The Kier molecular flexibility index (Phi) is 5.44. The number of pyridine rings is 2. The van der Waals surface area contributed by atoms with E-state index in [-0.39, 0.29) is 11.9 Å². The Balaban J connectivity index is 1.61. The van der Waals surface area contributed by atoms with Gasteiger partial charge in [-0.25, -0.2) is 9.97 Å². The standard InChI is InChI=1S/C21H20N6OS/c1-13-12-29-19-17(13)26-21(25-14(2)16-8-4-6-10-23-16)27-18(19)20(28)24-11-15-7-3-5-9-22-15/h3-10,12,14H,11H2,1-2H3,(H,24,28)(H,25,26,27)/t14-/m0/s1. The van der Waals surface area contributed by atoms with Gasteiger partial charge < -0.3 is 10.6 Å². The van der Waals surface area contributed by atoms with Crippen molar-refractivity contribution in [1.29, 1.82) is 0 Å². The predicted octanol–water partition coefficient (Wildman–Crippen LogP) is 3.89. The third-order valence-corrected chi connectivity index (χ3v) is 5.53. The third-order valence-electron chi connectivity index (χ3n) is 4.44. The van der Waals surface area contributed by atoms with Crippen molar-refractivity contribution in [1.82, 2.24) is 25.3 Å². The second kappa shape index (κ2) is 8.32. The van der Waals surface area contributed by atoms with Crippen molar-refractivity contribution in [2.24, 2.45) is 0 Å². The molecule has 146 valence electrons. The largest absolute Gasteiger partial charge is 0.346 e. The number of carbonyl (C=O) groups is 1. The van der Waals surface area contributed by atoms with Gasteiger partial charge in [-0.15, -0.1) is 11.3 Å². The van der Waals surface area contributed by atoms with Gasteiger partial charge in [0.25, 0.3) is 5.91 Å². The van der Waals surface area contributed by atoms with Crippen LogP contribution < -0.4 is 10.6 Å². The Morgan fingerprint density at radius 2 is 1.90 bits per heavy atom. The van der Waals surface area contributed by atoms with E-state index in [9.17, 15) is 4.79 Å². The van der Waals surface area contributed by atoms with Gasteiger partial charge in [0.05, 0.1) is 34.2 Å². The molecule has 1 amide bonds. The monoisotopic (exact) mass is 404 g/mol. The normalized spacial score (nSPS) is 11.9. The molecule has 7 nitrogen and oxygen atoms in total. The van der Waals surface area contributed by atoms with Gasteiger partial charge in [0.2, 0.25) is 5.95 Å². The fourth-order valence-electron chi connectivity index (χ4n) is 2.91. The quantitative estimate of drug-likeness (QED) is 0.506. The summed E-state index contributed by atoms with van der Waals surface area (Å²) in [6.07, 6.45) is 3.45.